The highest BCUT2D eigenvalue weighted by Gasteiger charge is 2.45. The number of pyridine rings is 1. The molecule has 2 aromatic carbocycles. The van der Waals surface area contributed by atoms with E-state index in [1.807, 2.05) is 75.5 Å². The van der Waals surface area contributed by atoms with Crippen molar-refractivity contribution < 1.29 is 38.9 Å². The van der Waals surface area contributed by atoms with Crippen LogP contribution in [0.15, 0.2) is 89.0 Å². The number of thiazole rings is 1. The van der Waals surface area contributed by atoms with E-state index in [9.17, 15) is 24.9 Å². The number of phenols is 1. The van der Waals surface area contributed by atoms with Gasteiger partial charge in [0.05, 0.1) is 58.4 Å². The van der Waals surface area contributed by atoms with Crippen LogP contribution in [0.2, 0.25) is 0 Å². The van der Waals surface area contributed by atoms with Crippen LogP contribution in [0.25, 0.3) is 21.7 Å². The summed E-state index contributed by atoms with van der Waals surface area (Å²) in [6.45, 7) is 12.2. The number of amides is 2. The van der Waals surface area contributed by atoms with Crippen molar-refractivity contribution in [2.75, 3.05) is 72.8 Å². The molecule has 12 rings (SSSR count). The molecular formula is C61H76N12O8S. The Bertz CT molecular complexity index is 3160. The summed E-state index contributed by atoms with van der Waals surface area (Å²) in [5.41, 5.74) is 13.8. The molecule has 2 bridgehead atoms. The van der Waals surface area contributed by atoms with E-state index in [4.69, 9.17) is 19.7 Å². The highest BCUT2D eigenvalue weighted by Crippen LogP contribution is 2.41. The molecule has 9 heterocycles. The number of para-hydroxylation sites is 1. The number of piperazine rings is 1. The average molecular weight is 1140 g/mol. The maximum absolute atomic E-state index is 14.4. The summed E-state index contributed by atoms with van der Waals surface area (Å²) in [6.07, 6.45) is 9.73. The Balaban J connectivity index is 0.564. The number of aromatic nitrogens is 5. The molecule has 2 unspecified atom stereocenters. The van der Waals surface area contributed by atoms with Crippen molar-refractivity contribution >= 4 is 46.2 Å². The lowest BCUT2D eigenvalue weighted by molar-refractivity contribution is -0.141. The summed E-state index contributed by atoms with van der Waals surface area (Å²) in [4.78, 5) is 49.2. The molecule has 6 aliphatic rings. The van der Waals surface area contributed by atoms with Gasteiger partial charge in [-0.1, -0.05) is 55.4 Å². The van der Waals surface area contributed by atoms with Crippen molar-refractivity contribution in [2.24, 2.45) is 11.8 Å². The predicted molar refractivity (Wildman–Crippen MR) is 312 cm³/mol. The maximum atomic E-state index is 14.4. The lowest BCUT2D eigenvalue weighted by atomic mass is 9.91. The number of aliphatic hydroxyl groups excluding tert-OH is 2. The minimum absolute atomic E-state index is 0.0644. The van der Waals surface area contributed by atoms with Crippen molar-refractivity contribution in [1.82, 2.24) is 40.4 Å². The minimum atomic E-state index is -0.829. The smallest absolute Gasteiger partial charge is 0.243 e. The minimum Gasteiger partial charge on any atom is -0.507 e. The number of β-amino-alcohol motifs (C(OH)–C–C–N with tert-alkyl or cyclic N) is 1. The third-order valence-corrected chi connectivity index (χ3v) is 18.9. The average Bonchev–Trinajstić information content (AvgIpc) is 4.48. The fraction of sp³-hybridized carbons (Fsp3) is 0.525. The quantitative estimate of drug-likeness (QED) is 0.0572. The number of nitrogen functional groups attached to an aromatic ring is 1. The number of benzene rings is 2. The van der Waals surface area contributed by atoms with Crippen molar-refractivity contribution in [1.29, 1.82) is 0 Å². The second-order valence-corrected chi connectivity index (χ2v) is 24.7. The number of ether oxygens (including phenoxy) is 2. The zero-order chi connectivity index (χ0) is 56.6. The van der Waals surface area contributed by atoms with Gasteiger partial charge in [-0.15, -0.1) is 21.5 Å². The summed E-state index contributed by atoms with van der Waals surface area (Å²) in [5, 5.41) is 47.1. The number of nitrogens with two attached hydrogens (primary N) is 1. The first kappa shape index (κ1) is 55.6. The molecule has 0 radical (unpaired) electrons. The molecule has 4 aromatic heterocycles. The number of hydrogen-bond donors (Lipinski definition) is 5. The number of aliphatic hydroxyl groups is 2. The first-order valence-corrected chi connectivity index (χ1v) is 30.3. The van der Waals surface area contributed by atoms with Gasteiger partial charge < -0.3 is 64.9 Å². The molecule has 20 nitrogen and oxygen atoms in total. The summed E-state index contributed by atoms with van der Waals surface area (Å²) in [6, 6.07) is 22.4. The number of likely N-dealkylation sites (tertiary alicyclic amines) is 2. The van der Waals surface area contributed by atoms with Crippen LogP contribution in [0.3, 0.4) is 0 Å². The summed E-state index contributed by atoms with van der Waals surface area (Å²) >= 11 is 1.47. The van der Waals surface area contributed by atoms with Gasteiger partial charge in [-0.25, -0.2) is 9.97 Å². The van der Waals surface area contributed by atoms with Crippen molar-refractivity contribution in [3.05, 3.63) is 102 Å². The monoisotopic (exact) mass is 1140 g/mol. The Morgan fingerprint density at radius 1 is 0.841 bits per heavy atom. The number of anilines is 4. The van der Waals surface area contributed by atoms with E-state index in [2.05, 4.69) is 62.4 Å². The van der Waals surface area contributed by atoms with Gasteiger partial charge in [-0.05, 0) is 92.7 Å². The van der Waals surface area contributed by atoms with Crippen LogP contribution in [0.5, 0.6) is 11.6 Å². The molecular weight excluding hydrogens is 1060 g/mol. The number of aromatic hydroxyl groups is 1. The Morgan fingerprint density at radius 2 is 1.60 bits per heavy atom. The van der Waals surface area contributed by atoms with E-state index in [0.717, 1.165) is 130 Å². The topological polar surface area (TPSA) is 245 Å². The van der Waals surface area contributed by atoms with Crippen LogP contribution in [0, 0.1) is 11.8 Å². The van der Waals surface area contributed by atoms with E-state index in [1.54, 1.807) is 17.6 Å². The molecule has 82 heavy (non-hydrogen) atoms. The van der Waals surface area contributed by atoms with Gasteiger partial charge in [-0.2, -0.15) is 0 Å². The molecule has 5 saturated heterocycles. The Kier molecular flexibility index (Phi) is 16.4. The van der Waals surface area contributed by atoms with E-state index in [-0.39, 0.29) is 67.4 Å². The zero-order valence-corrected chi connectivity index (χ0v) is 47.8. The van der Waals surface area contributed by atoms with E-state index in [0.29, 0.717) is 52.4 Å². The third kappa shape index (κ3) is 11.8. The predicted octanol–water partition coefficient (Wildman–Crippen LogP) is 7.17. The van der Waals surface area contributed by atoms with Gasteiger partial charge in [0.1, 0.15) is 23.8 Å². The third-order valence-electron chi connectivity index (χ3n) is 18.0. The Labute approximate surface area is 482 Å². The Hall–Kier alpha value is -6.91. The number of rotatable bonds is 18. The van der Waals surface area contributed by atoms with Crippen LogP contribution in [0.1, 0.15) is 108 Å². The summed E-state index contributed by atoms with van der Waals surface area (Å²) in [7, 11) is 0. The van der Waals surface area contributed by atoms with Gasteiger partial charge in [0, 0.05) is 113 Å². The van der Waals surface area contributed by atoms with Gasteiger partial charge >= 0.3 is 0 Å². The number of nitrogens with one attached hydrogen (secondary N) is 1. The maximum Gasteiger partial charge on any atom is 0.243 e. The van der Waals surface area contributed by atoms with Gasteiger partial charge in [-0.3, -0.25) is 9.59 Å². The van der Waals surface area contributed by atoms with Gasteiger partial charge in [0.25, 0.3) is 0 Å². The van der Waals surface area contributed by atoms with Gasteiger partial charge in [0.15, 0.2) is 17.4 Å². The van der Waals surface area contributed by atoms with Crippen molar-refractivity contribution in [3.63, 3.8) is 0 Å². The summed E-state index contributed by atoms with van der Waals surface area (Å²) in [5.74, 6) is 1.59. The van der Waals surface area contributed by atoms with E-state index < -0.39 is 18.1 Å². The molecule has 5 aliphatic heterocycles. The highest BCUT2D eigenvalue weighted by atomic mass is 32.1. The molecule has 6 N–H and O–H groups in total. The summed E-state index contributed by atoms with van der Waals surface area (Å²) < 4.78 is 19.0. The fourth-order valence-electron chi connectivity index (χ4n) is 13.4. The second kappa shape index (κ2) is 24.1. The van der Waals surface area contributed by atoms with Crippen molar-refractivity contribution in [2.45, 2.75) is 140 Å². The number of hydrogen-bond acceptors (Lipinski definition) is 19. The molecule has 6 atom stereocenters. The molecule has 2 amide bonds. The SMILES string of the molecule is CC(C)[C@@H](C(=O)N1C[C@H](O)C[C@H]1C(=O)N[C@@H](C)c1ccc(-c2scnc2CO)cc1)c1cc(N2CCC(CN3CCC(OC4CC(Oc5cc(N6C7CCC6CN(c6cc(-c8ccccc8O)nnc6N)C7)ccn5)C4)CC3)CC2)no1. The van der Waals surface area contributed by atoms with Crippen LogP contribution in [-0.2, 0) is 20.9 Å². The first-order valence-electron chi connectivity index (χ1n) is 29.4. The highest BCUT2D eigenvalue weighted by molar-refractivity contribution is 7.13. The van der Waals surface area contributed by atoms with Crippen molar-refractivity contribution in [3.8, 4) is 33.3 Å². The van der Waals surface area contributed by atoms with Gasteiger partial charge in [0.2, 0.25) is 17.7 Å². The fourth-order valence-corrected chi connectivity index (χ4v) is 14.3. The molecule has 6 aromatic rings. The van der Waals surface area contributed by atoms with E-state index >= 15 is 0 Å². The molecule has 6 fully saturated rings. The van der Waals surface area contributed by atoms with E-state index in [1.165, 1.54) is 16.2 Å². The van der Waals surface area contributed by atoms with Crippen LogP contribution in [-0.4, -0.2) is 157 Å². The largest absolute Gasteiger partial charge is 0.507 e. The lowest BCUT2D eigenvalue weighted by Crippen LogP contribution is -2.54. The van der Waals surface area contributed by atoms with Crippen LogP contribution in [0.4, 0.5) is 23.0 Å². The first-order chi connectivity index (χ1) is 39.8. The van der Waals surface area contributed by atoms with Crippen LogP contribution >= 0.6 is 11.3 Å². The number of carbonyl (C=O) groups excluding carboxylic acids is 2. The number of piperidine rings is 2. The number of fused-ring (bicyclic) bond motifs is 2. The number of nitrogens with zero attached hydrogens (tertiary/aromatic N) is 10. The number of carbonyl (C=O) groups is 2. The molecule has 0 spiro atoms. The molecule has 1 saturated carbocycles. The molecule has 434 valence electrons. The molecule has 21 heteroatoms. The standard InChI is InChI=1S/C61H76N12O8S/c1-36(2)57(61(78)72-33-44(75)25-52(72)60(77)65-37(3)39-8-10-40(11-9-39)58-50(34-74)64-35-82-58)54-29-55(68-81-54)70-22-15-38(16-23-70)30-69-20-17-45(18-21-69)79-46-26-47(27-46)80-56-24-41(14-19-63-56)73-42-12-13-43(73)32-71(31-42)51-28-49(66-67-59(51)62)48-6-4-5-7-53(48)76/h4-11,14,19,24,28-29,35-38,42-47,52,57,74-76H,12-13,15-18,20-23,25-27,30-34H2,1-3H3,(H2,62,67)(H,65,77)/t37-,42?,43?,44+,46?,47?,52-,57+/m0/s1. The second-order valence-electron chi connectivity index (χ2n) is 23.8. The lowest BCUT2D eigenvalue weighted by Gasteiger charge is -2.43. The van der Waals surface area contributed by atoms with Crippen LogP contribution < -0.4 is 30.5 Å². The molecule has 1 aliphatic carbocycles. The zero-order valence-electron chi connectivity index (χ0n) is 47.0. The number of phenolic OH excluding ortho intramolecular Hbond substituents is 1. The normalized spacial score (nSPS) is 24.2. The Morgan fingerprint density at radius 3 is 2.33 bits per heavy atom.